The summed E-state index contributed by atoms with van der Waals surface area (Å²) >= 11 is 0. The van der Waals surface area contributed by atoms with E-state index in [4.69, 9.17) is 0 Å². The molecular formula is C13H17N3O3. The Bertz CT molecular complexity index is 453. The Balaban J connectivity index is 2.13. The van der Waals surface area contributed by atoms with Crippen molar-refractivity contribution in [2.45, 2.75) is 6.04 Å². The van der Waals surface area contributed by atoms with Crippen molar-refractivity contribution < 1.29 is 9.72 Å². The molecule has 2 rings (SSSR count). The molecule has 1 aromatic rings. The second kappa shape index (κ2) is 5.90. The maximum Gasteiger partial charge on any atom is 0.269 e. The van der Waals surface area contributed by atoms with Crippen LogP contribution >= 0.6 is 0 Å². The maximum absolute atomic E-state index is 11.3. The third-order valence-corrected chi connectivity index (χ3v) is 3.51. The molecule has 0 radical (unpaired) electrons. The number of rotatable bonds is 4. The van der Waals surface area contributed by atoms with E-state index in [-0.39, 0.29) is 11.7 Å². The van der Waals surface area contributed by atoms with E-state index in [1.54, 1.807) is 12.1 Å². The van der Waals surface area contributed by atoms with Crippen LogP contribution in [0.4, 0.5) is 5.69 Å². The summed E-state index contributed by atoms with van der Waals surface area (Å²) < 4.78 is 0. The molecule has 1 aliphatic rings. The lowest BCUT2D eigenvalue weighted by Crippen LogP contribution is -2.46. The van der Waals surface area contributed by atoms with Crippen molar-refractivity contribution >= 4 is 12.0 Å². The Morgan fingerprint density at radius 2 is 1.79 bits per heavy atom. The Morgan fingerprint density at radius 3 is 2.26 bits per heavy atom. The van der Waals surface area contributed by atoms with Crippen LogP contribution < -0.4 is 0 Å². The zero-order chi connectivity index (χ0) is 13.8. The molecule has 0 bridgehead atoms. The summed E-state index contributed by atoms with van der Waals surface area (Å²) in [7, 11) is 2.05. The molecule has 1 unspecified atom stereocenters. The van der Waals surface area contributed by atoms with Gasteiger partial charge in [-0.05, 0) is 12.6 Å². The molecule has 102 valence electrons. The van der Waals surface area contributed by atoms with E-state index in [0.29, 0.717) is 0 Å². The summed E-state index contributed by atoms with van der Waals surface area (Å²) in [6.07, 6.45) is 0.909. The molecule has 0 N–H and O–H groups in total. The lowest BCUT2D eigenvalue weighted by atomic mass is 10.1. The predicted octanol–water partition coefficient (Wildman–Crippen LogP) is 1.08. The number of nitro groups is 1. The number of nitrogens with zero attached hydrogens (tertiary/aromatic N) is 3. The average Bonchev–Trinajstić information content (AvgIpc) is 2.42. The highest BCUT2D eigenvalue weighted by molar-refractivity contribution is 5.62. The first-order valence-corrected chi connectivity index (χ1v) is 6.24. The molecule has 1 saturated heterocycles. The van der Waals surface area contributed by atoms with Gasteiger partial charge in [-0.25, -0.2) is 0 Å². The van der Waals surface area contributed by atoms with Crippen LogP contribution in [0.25, 0.3) is 0 Å². The van der Waals surface area contributed by atoms with Gasteiger partial charge in [0.05, 0.1) is 11.0 Å². The highest BCUT2D eigenvalue weighted by atomic mass is 16.6. The molecule has 19 heavy (non-hydrogen) atoms. The molecule has 6 heteroatoms. The first-order valence-electron chi connectivity index (χ1n) is 6.24. The number of benzene rings is 1. The Labute approximate surface area is 111 Å². The molecule has 6 nitrogen and oxygen atoms in total. The van der Waals surface area contributed by atoms with E-state index < -0.39 is 4.92 Å². The van der Waals surface area contributed by atoms with Gasteiger partial charge in [-0.15, -0.1) is 0 Å². The SMILES string of the molecule is CN1CCN(C(C=O)c2ccc([N+](=O)[O-])cc2)CC1. The summed E-state index contributed by atoms with van der Waals surface area (Å²) in [5.74, 6) is 0. The quantitative estimate of drug-likeness (QED) is 0.462. The number of carbonyl (C=O) groups excluding carboxylic acids is 1. The second-order valence-electron chi connectivity index (χ2n) is 4.77. The van der Waals surface area contributed by atoms with Gasteiger partial charge in [0.2, 0.25) is 0 Å². The van der Waals surface area contributed by atoms with Gasteiger partial charge in [0.15, 0.2) is 0 Å². The number of aldehydes is 1. The fraction of sp³-hybridized carbons (Fsp3) is 0.462. The molecule has 0 spiro atoms. The smallest absolute Gasteiger partial charge is 0.269 e. The monoisotopic (exact) mass is 263 g/mol. The van der Waals surface area contributed by atoms with Crippen molar-refractivity contribution in [2.75, 3.05) is 33.2 Å². The fourth-order valence-corrected chi connectivity index (χ4v) is 2.27. The molecular weight excluding hydrogens is 246 g/mol. The van der Waals surface area contributed by atoms with Crippen LogP contribution in [0.2, 0.25) is 0 Å². The molecule has 1 aromatic carbocycles. The molecule has 1 fully saturated rings. The van der Waals surface area contributed by atoms with Crippen molar-refractivity contribution in [1.82, 2.24) is 9.80 Å². The van der Waals surface area contributed by atoms with Gasteiger partial charge in [0.25, 0.3) is 5.69 Å². The highest BCUT2D eigenvalue weighted by Crippen LogP contribution is 2.22. The summed E-state index contributed by atoms with van der Waals surface area (Å²) in [4.78, 5) is 25.8. The van der Waals surface area contributed by atoms with Gasteiger partial charge in [-0.1, -0.05) is 12.1 Å². The minimum Gasteiger partial charge on any atom is -0.304 e. The zero-order valence-electron chi connectivity index (χ0n) is 10.9. The van der Waals surface area contributed by atoms with Crippen molar-refractivity contribution in [3.05, 3.63) is 39.9 Å². The number of hydrogen-bond acceptors (Lipinski definition) is 5. The Hall–Kier alpha value is -1.79. The van der Waals surface area contributed by atoms with Gasteiger partial charge >= 0.3 is 0 Å². The van der Waals surface area contributed by atoms with Crippen molar-refractivity contribution in [1.29, 1.82) is 0 Å². The number of likely N-dealkylation sites (N-methyl/N-ethyl adjacent to an activating group) is 1. The van der Waals surface area contributed by atoms with Crippen molar-refractivity contribution in [3.63, 3.8) is 0 Å². The van der Waals surface area contributed by atoms with Crippen molar-refractivity contribution in [2.24, 2.45) is 0 Å². The van der Waals surface area contributed by atoms with Gasteiger partial charge in [-0.2, -0.15) is 0 Å². The van der Waals surface area contributed by atoms with Gasteiger partial charge in [-0.3, -0.25) is 15.0 Å². The van der Waals surface area contributed by atoms with E-state index in [1.165, 1.54) is 12.1 Å². The lowest BCUT2D eigenvalue weighted by molar-refractivity contribution is -0.384. The predicted molar refractivity (Wildman–Crippen MR) is 71.0 cm³/mol. The van der Waals surface area contributed by atoms with Crippen LogP contribution in [0.15, 0.2) is 24.3 Å². The highest BCUT2D eigenvalue weighted by Gasteiger charge is 2.23. The number of carbonyl (C=O) groups is 1. The summed E-state index contributed by atoms with van der Waals surface area (Å²) in [6, 6.07) is 5.91. The van der Waals surface area contributed by atoms with Crippen LogP contribution in [0, 0.1) is 10.1 Å². The number of piperazine rings is 1. The Kier molecular flexibility index (Phi) is 4.24. The summed E-state index contributed by atoms with van der Waals surface area (Å²) in [5, 5.41) is 10.6. The average molecular weight is 263 g/mol. The normalized spacial score (nSPS) is 19.0. The first-order chi connectivity index (χ1) is 9.11. The fourth-order valence-electron chi connectivity index (χ4n) is 2.27. The largest absolute Gasteiger partial charge is 0.304 e. The molecule has 0 saturated carbocycles. The number of hydrogen-bond donors (Lipinski definition) is 0. The molecule has 0 aromatic heterocycles. The van der Waals surface area contributed by atoms with E-state index in [9.17, 15) is 14.9 Å². The molecule has 1 aliphatic heterocycles. The van der Waals surface area contributed by atoms with Gasteiger partial charge < -0.3 is 9.69 Å². The van der Waals surface area contributed by atoms with Crippen LogP contribution in [-0.2, 0) is 4.79 Å². The van der Waals surface area contributed by atoms with E-state index >= 15 is 0 Å². The third kappa shape index (κ3) is 3.15. The third-order valence-electron chi connectivity index (χ3n) is 3.51. The minimum atomic E-state index is -0.435. The van der Waals surface area contributed by atoms with E-state index in [2.05, 4.69) is 16.8 Å². The first kappa shape index (κ1) is 13.6. The molecule has 0 amide bonds. The minimum absolute atomic E-state index is 0.0479. The van der Waals surface area contributed by atoms with E-state index in [0.717, 1.165) is 38.0 Å². The number of nitro benzene ring substituents is 1. The standard InChI is InChI=1S/C13H17N3O3/c1-14-6-8-15(9-7-14)13(10-17)11-2-4-12(5-3-11)16(18)19/h2-5,10,13H,6-9H2,1H3. The molecule has 1 atom stereocenters. The number of non-ortho nitro benzene ring substituents is 1. The van der Waals surface area contributed by atoms with E-state index in [1.807, 2.05) is 0 Å². The zero-order valence-corrected chi connectivity index (χ0v) is 10.9. The maximum atomic E-state index is 11.3. The van der Waals surface area contributed by atoms with Crippen LogP contribution in [0.5, 0.6) is 0 Å². The summed E-state index contributed by atoms with van der Waals surface area (Å²) in [6.45, 7) is 3.52. The second-order valence-corrected chi connectivity index (χ2v) is 4.77. The Morgan fingerprint density at radius 1 is 1.21 bits per heavy atom. The topological polar surface area (TPSA) is 66.7 Å². The van der Waals surface area contributed by atoms with Crippen LogP contribution in [0.3, 0.4) is 0 Å². The molecule has 1 heterocycles. The van der Waals surface area contributed by atoms with Crippen LogP contribution in [-0.4, -0.2) is 54.2 Å². The summed E-state index contributed by atoms with van der Waals surface area (Å²) in [5.41, 5.74) is 0.858. The van der Waals surface area contributed by atoms with Crippen molar-refractivity contribution in [3.8, 4) is 0 Å². The van der Waals surface area contributed by atoms with Gasteiger partial charge in [0, 0.05) is 38.3 Å². The van der Waals surface area contributed by atoms with Gasteiger partial charge in [0.1, 0.15) is 6.29 Å². The molecule has 0 aliphatic carbocycles. The lowest BCUT2D eigenvalue weighted by Gasteiger charge is -2.35. The van der Waals surface area contributed by atoms with Crippen LogP contribution in [0.1, 0.15) is 11.6 Å².